The van der Waals surface area contributed by atoms with E-state index in [1.165, 1.54) is 21.8 Å². The van der Waals surface area contributed by atoms with Crippen LogP contribution in [-0.4, -0.2) is 34.8 Å². The van der Waals surface area contributed by atoms with E-state index in [4.69, 9.17) is 0 Å². The summed E-state index contributed by atoms with van der Waals surface area (Å²) in [6.45, 7) is 6.89. The fourth-order valence-corrected chi connectivity index (χ4v) is 3.61. The van der Waals surface area contributed by atoms with Crippen LogP contribution in [0.3, 0.4) is 0 Å². The summed E-state index contributed by atoms with van der Waals surface area (Å²) in [5.41, 5.74) is 2.24. The molecule has 2 heterocycles. The van der Waals surface area contributed by atoms with E-state index >= 15 is 0 Å². The number of benzene rings is 1. The maximum Gasteiger partial charge on any atom is 0.346 e. The number of nitrogens with zero attached hydrogens (tertiary/aromatic N) is 3. The van der Waals surface area contributed by atoms with Crippen molar-refractivity contribution < 1.29 is 9.18 Å². The lowest BCUT2D eigenvalue weighted by atomic mass is 10.0. The normalized spacial score (nSPS) is 18.6. The Morgan fingerprint density at radius 1 is 1.33 bits per heavy atom. The molecule has 1 aliphatic heterocycles. The molecular weight excluding hydrogens is 325 g/mol. The maximum atomic E-state index is 13.3. The van der Waals surface area contributed by atoms with Crippen molar-refractivity contribution in [1.82, 2.24) is 9.47 Å². The Labute approximate surface area is 145 Å². The van der Waals surface area contributed by atoms with Gasteiger partial charge in [-0.2, -0.15) is 4.99 Å². The van der Waals surface area contributed by atoms with Gasteiger partial charge in [0.25, 0.3) is 0 Å². The van der Waals surface area contributed by atoms with Crippen molar-refractivity contribution in [1.29, 1.82) is 0 Å². The van der Waals surface area contributed by atoms with Crippen LogP contribution in [0.4, 0.5) is 9.18 Å². The summed E-state index contributed by atoms with van der Waals surface area (Å²) >= 11 is 1.46. The molecule has 1 aromatic heterocycles. The number of aromatic nitrogens is 1. The monoisotopic (exact) mass is 347 g/mol. The molecule has 0 spiro atoms. The number of urea groups is 1. The predicted molar refractivity (Wildman–Crippen MR) is 94.5 cm³/mol. The standard InChI is InChI=1S/C18H22FN3OS/c1-12(2)14-4-6-16(7-5-14)22-10-13(3)24-18(22)20-17(23)21-9-8-15(19)11-21/h4-7,10,12,15H,8-9,11H2,1-3H3/b20-18-/t15-/m1/s1. The van der Waals surface area contributed by atoms with Gasteiger partial charge in [0.15, 0.2) is 4.80 Å². The van der Waals surface area contributed by atoms with Crippen molar-refractivity contribution in [3.8, 4) is 5.69 Å². The molecule has 0 aliphatic carbocycles. The highest BCUT2D eigenvalue weighted by atomic mass is 32.1. The van der Waals surface area contributed by atoms with Crippen LogP contribution in [0.1, 0.15) is 36.6 Å². The van der Waals surface area contributed by atoms with Crippen LogP contribution >= 0.6 is 11.3 Å². The molecule has 2 amide bonds. The highest BCUT2D eigenvalue weighted by Gasteiger charge is 2.25. The first-order chi connectivity index (χ1) is 11.4. The molecule has 1 aromatic carbocycles. The second-order valence-electron chi connectivity index (χ2n) is 6.47. The first-order valence-corrected chi connectivity index (χ1v) is 9.03. The summed E-state index contributed by atoms with van der Waals surface area (Å²) in [6, 6.07) is 7.92. The number of hydrogen-bond acceptors (Lipinski definition) is 2. The third-order valence-electron chi connectivity index (χ3n) is 4.20. The number of hydrogen-bond donors (Lipinski definition) is 0. The second kappa shape index (κ2) is 6.89. The zero-order chi connectivity index (χ0) is 17.3. The Morgan fingerprint density at radius 3 is 2.62 bits per heavy atom. The van der Waals surface area contributed by atoms with E-state index in [1.807, 2.05) is 29.8 Å². The van der Waals surface area contributed by atoms with Gasteiger partial charge in [0.05, 0.1) is 6.54 Å². The lowest BCUT2D eigenvalue weighted by Crippen LogP contribution is -2.28. The van der Waals surface area contributed by atoms with Gasteiger partial charge >= 0.3 is 6.03 Å². The molecule has 0 N–H and O–H groups in total. The van der Waals surface area contributed by atoms with Gasteiger partial charge in [-0.25, -0.2) is 9.18 Å². The molecule has 1 saturated heterocycles. The molecule has 0 saturated carbocycles. The molecule has 1 aliphatic rings. The summed E-state index contributed by atoms with van der Waals surface area (Å²) < 4.78 is 15.2. The summed E-state index contributed by atoms with van der Waals surface area (Å²) in [4.78, 5) is 19.7. The lowest BCUT2D eigenvalue weighted by molar-refractivity contribution is 0.213. The zero-order valence-corrected chi connectivity index (χ0v) is 15.0. The highest BCUT2D eigenvalue weighted by molar-refractivity contribution is 7.09. The van der Waals surface area contributed by atoms with Gasteiger partial charge in [0.1, 0.15) is 6.17 Å². The van der Waals surface area contributed by atoms with E-state index in [0.29, 0.717) is 23.7 Å². The molecule has 6 heteroatoms. The topological polar surface area (TPSA) is 37.6 Å². The van der Waals surface area contributed by atoms with Crippen LogP contribution in [0, 0.1) is 6.92 Å². The number of carbonyl (C=O) groups excluding carboxylic acids is 1. The highest BCUT2D eigenvalue weighted by Crippen LogP contribution is 2.18. The van der Waals surface area contributed by atoms with Crippen molar-refractivity contribution in [2.75, 3.05) is 13.1 Å². The Balaban J connectivity index is 1.92. The van der Waals surface area contributed by atoms with Crippen LogP contribution in [-0.2, 0) is 0 Å². The summed E-state index contributed by atoms with van der Waals surface area (Å²) in [6.07, 6.45) is 1.45. The van der Waals surface area contributed by atoms with Crippen LogP contribution in [0.25, 0.3) is 5.69 Å². The smallest absolute Gasteiger partial charge is 0.320 e. The SMILES string of the molecule is Cc1cn(-c2ccc(C(C)C)cc2)/c(=N/C(=O)N2CC[C@@H](F)C2)s1. The minimum atomic E-state index is -0.926. The van der Waals surface area contributed by atoms with E-state index in [2.05, 4.69) is 31.0 Å². The van der Waals surface area contributed by atoms with Crippen molar-refractivity contribution in [2.24, 2.45) is 4.99 Å². The molecule has 0 unspecified atom stereocenters. The van der Waals surface area contributed by atoms with E-state index in [0.717, 1.165) is 10.6 Å². The van der Waals surface area contributed by atoms with Crippen molar-refractivity contribution in [3.05, 3.63) is 45.7 Å². The number of alkyl halides is 1. The van der Waals surface area contributed by atoms with Gasteiger partial charge in [0, 0.05) is 23.3 Å². The van der Waals surface area contributed by atoms with Gasteiger partial charge in [-0.1, -0.05) is 26.0 Å². The number of thiazole rings is 1. The average molecular weight is 347 g/mol. The van der Waals surface area contributed by atoms with E-state index in [9.17, 15) is 9.18 Å². The molecule has 24 heavy (non-hydrogen) atoms. The summed E-state index contributed by atoms with van der Waals surface area (Å²) in [5.74, 6) is 0.475. The van der Waals surface area contributed by atoms with Gasteiger partial charge in [-0.3, -0.25) is 4.57 Å². The summed E-state index contributed by atoms with van der Waals surface area (Å²) in [5, 5.41) is 0. The fraction of sp³-hybridized carbons (Fsp3) is 0.444. The Bertz CT molecular complexity index is 791. The molecule has 4 nitrogen and oxygen atoms in total. The van der Waals surface area contributed by atoms with E-state index < -0.39 is 6.17 Å². The molecule has 1 fully saturated rings. The van der Waals surface area contributed by atoms with Crippen LogP contribution in [0.5, 0.6) is 0 Å². The Hall–Kier alpha value is -1.95. The lowest BCUT2D eigenvalue weighted by Gasteiger charge is -2.11. The molecule has 1 atom stereocenters. The fourth-order valence-electron chi connectivity index (χ4n) is 2.78. The number of rotatable bonds is 2. The Kier molecular flexibility index (Phi) is 4.85. The van der Waals surface area contributed by atoms with Crippen LogP contribution < -0.4 is 4.80 Å². The number of likely N-dealkylation sites (tertiary alicyclic amines) is 1. The number of halogens is 1. The minimum absolute atomic E-state index is 0.149. The largest absolute Gasteiger partial charge is 0.346 e. The van der Waals surface area contributed by atoms with E-state index in [1.54, 1.807) is 0 Å². The number of aryl methyl sites for hydroxylation is 1. The molecular formula is C18H22FN3OS. The summed E-state index contributed by atoms with van der Waals surface area (Å²) in [7, 11) is 0. The van der Waals surface area contributed by atoms with Gasteiger partial charge in [-0.15, -0.1) is 11.3 Å². The molecule has 0 radical (unpaired) electrons. The third kappa shape index (κ3) is 3.59. The molecule has 128 valence electrons. The second-order valence-corrected chi connectivity index (χ2v) is 7.68. The van der Waals surface area contributed by atoms with Gasteiger partial charge in [-0.05, 0) is 37.0 Å². The number of amides is 2. The number of carbonyl (C=O) groups is 1. The zero-order valence-electron chi connectivity index (χ0n) is 14.2. The quantitative estimate of drug-likeness (QED) is 0.808. The maximum absolute atomic E-state index is 13.3. The van der Waals surface area contributed by atoms with Gasteiger partial charge in [0.2, 0.25) is 0 Å². The van der Waals surface area contributed by atoms with E-state index in [-0.39, 0.29) is 12.6 Å². The average Bonchev–Trinajstić information content (AvgIpc) is 3.13. The molecule has 3 rings (SSSR count). The van der Waals surface area contributed by atoms with Gasteiger partial charge < -0.3 is 4.90 Å². The van der Waals surface area contributed by atoms with Crippen molar-refractivity contribution in [3.63, 3.8) is 0 Å². The minimum Gasteiger partial charge on any atom is -0.320 e. The predicted octanol–water partition coefficient (Wildman–Crippen LogP) is 4.04. The van der Waals surface area contributed by atoms with Crippen molar-refractivity contribution in [2.45, 2.75) is 39.3 Å². The van der Waals surface area contributed by atoms with Crippen LogP contribution in [0.15, 0.2) is 35.5 Å². The van der Waals surface area contributed by atoms with Crippen molar-refractivity contribution >= 4 is 17.4 Å². The van der Waals surface area contributed by atoms with Crippen LogP contribution in [0.2, 0.25) is 0 Å². The third-order valence-corrected chi connectivity index (χ3v) is 5.10. The first-order valence-electron chi connectivity index (χ1n) is 8.21. The first kappa shape index (κ1) is 16.9. The Morgan fingerprint density at radius 2 is 2.04 bits per heavy atom. The molecule has 2 aromatic rings. The molecule has 0 bridgehead atoms.